The van der Waals surface area contributed by atoms with E-state index in [9.17, 15) is 0 Å². The zero-order chi connectivity index (χ0) is 19.1. The maximum Gasteiger partial charge on any atom is -1.00 e. The van der Waals surface area contributed by atoms with Crippen LogP contribution in [0.25, 0.3) is 0 Å². The van der Waals surface area contributed by atoms with Crippen molar-refractivity contribution in [3.05, 3.63) is 41.3 Å². The van der Waals surface area contributed by atoms with Gasteiger partial charge in [-0.1, -0.05) is 0 Å². The first kappa shape index (κ1) is 26.0. The zero-order valence-electron chi connectivity index (χ0n) is 18.5. The minimum absolute atomic E-state index is 0. The Morgan fingerprint density at radius 2 is 1.00 bits per heavy atom. The normalized spacial score (nSPS) is 23.0. The van der Waals surface area contributed by atoms with E-state index >= 15 is 0 Å². The molecule has 2 aliphatic heterocycles. The number of halogens is 2. The van der Waals surface area contributed by atoms with Gasteiger partial charge in [0.15, 0.2) is 0 Å². The number of nitrogens with zero attached hydrogens (tertiary/aromatic N) is 2. The first-order valence-electron chi connectivity index (χ1n) is 11.0. The van der Waals surface area contributed by atoms with Crippen molar-refractivity contribution >= 4 is 16.5 Å². The number of hydrogen-bond acceptors (Lipinski definition) is 2. The fourth-order valence-electron chi connectivity index (χ4n) is 5.47. The van der Waals surface area contributed by atoms with E-state index in [-0.39, 0.29) is 24.8 Å². The fraction of sp³-hybridized carbons (Fsp3) is 0.636. The summed E-state index contributed by atoms with van der Waals surface area (Å²) in [5.74, 6) is 0. The van der Waals surface area contributed by atoms with Crippen molar-refractivity contribution in [2.75, 3.05) is 26.2 Å². The molecule has 2 saturated heterocycles. The van der Waals surface area contributed by atoms with E-state index in [1.807, 2.05) is 17.0 Å². The Balaban J connectivity index is 0.00000150. The fourth-order valence-corrected chi connectivity index (χ4v) is 20.1. The molecule has 0 amide bonds. The largest absolute Gasteiger partial charge is 1.00 e. The second-order valence-electron chi connectivity index (χ2n) is 9.63. The maximum absolute atomic E-state index is 2.88. The maximum atomic E-state index is 2.88. The van der Waals surface area contributed by atoms with Crippen LogP contribution >= 0.6 is 0 Å². The van der Waals surface area contributed by atoms with Gasteiger partial charge >= 0.3 is 181 Å². The van der Waals surface area contributed by atoms with Gasteiger partial charge in [-0.3, -0.25) is 0 Å². The Morgan fingerprint density at radius 3 is 1.34 bits per heavy atom. The van der Waals surface area contributed by atoms with Crippen LogP contribution in [0.3, 0.4) is 0 Å². The summed E-state index contributed by atoms with van der Waals surface area (Å²) in [5, 5.41) is 3.66. The summed E-state index contributed by atoms with van der Waals surface area (Å²) < 4.78 is 9.60. The van der Waals surface area contributed by atoms with Crippen molar-refractivity contribution in [3.8, 4) is 0 Å². The monoisotopic (exact) mass is 544 g/mol. The number of allylic oxidation sites excluding steroid dienone is 8. The Bertz CT molecular complexity index is 656. The second kappa shape index (κ2) is 10.6. The Labute approximate surface area is 204 Å². The molecule has 0 radical (unpaired) electrons. The molecule has 7 heteroatoms. The van der Waals surface area contributed by atoms with Crippen LogP contribution in [0.15, 0.2) is 41.3 Å². The van der Waals surface area contributed by atoms with E-state index in [1.54, 1.807) is 0 Å². The molecule has 0 aromatic rings. The molecule has 0 aromatic heterocycles. The van der Waals surface area contributed by atoms with Gasteiger partial charge in [-0.15, -0.1) is 0 Å². The van der Waals surface area contributed by atoms with Crippen molar-refractivity contribution in [1.29, 1.82) is 0 Å². The van der Waals surface area contributed by atoms with Gasteiger partial charge in [0, 0.05) is 0 Å². The summed E-state index contributed by atoms with van der Waals surface area (Å²) in [5.41, 5.74) is 0. The van der Waals surface area contributed by atoms with Gasteiger partial charge in [0.2, 0.25) is 0 Å². The van der Waals surface area contributed by atoms with Crippen molar-refractivity contribution in [1.82, 2.24) is 9.13 Å². The first-order chi connectivity index (χ1) is 12.9. The predicted molar refractivity (Wildman–Crippen MR) is 118 cm³/mol. The van der Waals surface area contributed by atoms with Crippen molar-refractivity contribution in [2.45, 2.75) is 64.7 Å². The minimum Gasteiger partial charge on any atom is -1.00 e. The summed E-state index contributed by atoms with van der Waals surface area (Å²) in [6.07, 6.45) is 18.3. The molecule has 4 aliphatic rings. The molecular formula is C22H36Cl2N2Si2Zr. The molecule has 0 atom stereocenters. The van der Waals surface area contributed by atoms with Crippen molar-refractivity contribution < 1.29 is 48.0 Å². The molecule has 2 fully saturated rings. The molecule has 4 rings (SSSR count). The molecule has 2 aliphatic carbocycles. The average molecular weight is 547 g/mol. The smallest absolute Gasteiger partial charge is 1.00 e. The van der Waals surface area contributed by atoms with Gasteiger partial charge in [0.25, 0.3) is 0 Å². The van der Waals surface area contributed by atoms with Gasteiger partial charge in [-0.2, -0.15) is 0 Å². The van der Waals surface area contributed by atoms with Gasteiger partial charge in [-0.05, 0) is 0 Å². The molecule has 0 N–H and O–H groups in total. The third-order valence-corrected chi connectivity index (χ3v) is 19.9. The molecule has 2 nitrogen and oxygen atoms in total. The van der Waals surface area contributed by atoms with Gasteiger partial charge in [-0.25, -0.2) is 0 Å². The Morgan fingerprint density at radius 1 is 0.655 bits per heavy atom. The summed E-state index contributed by atoms with van der Waals surface area (Å²) in [7, 11) is -2.88. The van der Waals surface area contributed by atoms with Gasteiger partial charge in [0.1, 0.15) is 0 Å². The Kier molecular flexibility index (Phi) is 9.51. The summed E-state index contributed by atoms with van der Waals surface area (Å²) in [6.45, 7) is 15.9. The standard InChI is InChI=1S/2C11H18NSi.2ClH.Zr/c2*1-13(2,11-7-3-4-8-11)12-9-5-6-10-12;;;/h2*3,7H,4-6,9-10H2,1-2H3;2*1H;/q;;;;+2/p-2. The van der Waals surface area contributed by atoms with Gasteiger partial charge < -0.3 is 24.8 Å². The molecule has 0 unspecified atom stereocenters. The predicted octanol–water partition coefficient (Wildman–Crippen LogP) is -0.815. The molecule has 2 heterocycles. The molecule has 0 bridgehead atoms. The third kappa shape index (κ3) is 5.24. The van der Waals surface area contributed by atoms with Crippen LogP contribution in [-0.2, 0) is 23.2 Å². The van der Waals surface area contributed by atoms with Crippen LogP contribution in [0.2, 0.25) is 26.2 Å². The van der Waals surface area contributed by atoms with Crippen molar-refractivity contribution in [2.24, 2.45) is 0 Å². The van der Waals surface area contributed by atoms with E-state index in [1.165, 1.54) is 64.7 Å². The van der Waals surface area contributed by atoms with E-state index in [0.717, 1.165) is 0 Å². The second-order valence-corrected chi connectivity index (χ2v) is 21.8. The van der Waals surface area contributed by atoms with E-state index < -0.39 is 39.7 Å². The molecule has 0 aromatic carbocycles. The molecule has 0 spiro atoms. The van der Waals surface area contributed by atoms with Crippen LogP contribution in [0.1, 0.15) is 38.5 Å². The van der Waals surface area contributed by atoms with E-state index in [0.29, 0.717) is 0 Å². The van der Waals surface area contributed by atoms with Crippen LogP contribution in [-0.4, -0.2) is 51.8 Å². The molecular weight excluding hydrogens is 511 g/mol. The van der Waals surface area contributed by atoms with Crippen LogP contribution in [0.5, 0.6) is 0 Å². The molecule has 29 heavy (non-hydrogen) atoms. The first-order valence-corrected chi connectivity index (χ1v) is 19.3. The quantitative estimate of drug-likeness (QED) is 0.402. The molecule has 0 saturated carbocycles. The SMILES string of the molecule is C[Si](C)(C1=[C]([Zr+2][C]2=C([Si](C)(C)N3CCCC3)C=CC2)CC=C1)N1CCCC1.[Cl-].[Cl-]. The van der Waals surface area contributed by atoms with Gasteiger partial charge in [0.05, 0.1) is 0 Å². The van der Waals surface area contributed by atoms with Crippen LogP contribution < -0.4 is 24.8 Å². The number of hydrogen-bond donors (Lipinski definition) is 0. The van der Waals surface area contributed by atoms with Crippen molar-refractivity contribution in [3.63, 3.8) is 0 Å². The topological polar surface area (TPSA) is 6.48 Å². The van der Waals surface area contributed by atoms with E-state index in [4.69, 9.17) is 0 Å². The Hall–Kier alpha value is 0.777. The van der Waals surface area contributed by atoms with Crippen LogP contribution in [0.4, 0.5) is 0 Å². The summed E-state index contributed by atoms with van der Waals surface area (Å²) >= 11 is -0.636. The zero-order valence-corrected chi connectivity index (χ0v) is 24.5. The van der Waals surface area contributed by atoms with Crippen LogP contribution in [0, 0.1) is 0 Å². The minimum atomic E-state index is -1.44. The summed E-state index contributed by atoms with van der Waals surface area (Å²) in [4.78, 5) is 0. The summed E-state index contributed by atoms with van der Waals surface area (Å²) in [6, 6.07) is 0. The molecule has 160 valence electrons. The third-order valence-electron chi connectivity index (χ3n) is 7.28. The average Bonchev–Trinajstić information content (AvgIpc) is 3.40. The van der Waals surface area contributed by atoms with E-state index in [2.05, 4.69) is 59.6 Å². The number of rotatable bonds is 6.